The predicted molar refractivity (Wildman–Crippen MR) is 282 cm³/mol. The van der Waals surface area contributed by atoms with Crippen LogP contribution in [-0.2, 0) is 0 Å². The van der Waals surface area contributed by atoms with Crippen LogP contribution in [0.1, 0.15) is 35.7 Å². The number of thioether (sulfide) groups is 2. The highest BCUT2D eigenvalue weighted by atomic mass is 32.2. The normalized spacial score (nSPS) is 12.4. The third kappa shape index (κ3) is 8.79. The minimum Gasteiger partial charge on any atom is -0.396 e. The Balaban J connectivity index is 1.43. The van der Waals surface area contributed by atoms with E-state index < -0.39 is 0 Å². The monoisotopic (exact) mass is 960 g/mol. The molecule has 4 aromatic heterocycles. The molecule has 8 nitrogen and oxygen atoms in total. The molecule has 4 heterocycles. The van der Waals surface area contributed by atoms with Gasteiger partial charge >= 0.3 is 0 Å². The lowest BCUT2D eigenvalue weighted by Gasteiger charge is -2.16. The third-order valence-corrected chi connectivity index (χ3v) is 16.0. The molecule has 10 rings (SSSR count). The maximum Gasteiger partial charge on any atom is 0.137 e. The van der Waals surface area contributed by atoms with Crippen LogP contribution < -0.4 is 10.7 Å². The number of rotatable bonds is 16. The van der Waals surface area contributed by atoms with Gasteiger partial charge in [0.1, 0.15) is 33.3 Å². The fourth-order valence-electron chi connectivity index (χ4n) is 8.65. The van der Waals surface area contributed by atoms with Crippen LogP contribution in [0.5, 0.6) is 0 Å². The standard InChI is InChI=1S/C56H44N6O2S4/c57-35-43(55-59-45-19-7-9-21-47(45)67-55)53-50-49(51(61(53)39-15-3-1-4-16-39)37-23-27-41(28-24-37)65-33-13-11-31-63)54(44(36-58)56-60-46-20-8-10-22-48(46)68-56)62(40-17-5-2-6-18-40)52(50)38-25-29-42(30-26-38)66-34-14-12-32-64/h1-10,15-30,63-64H,11-14,31-34H2/b53-43-,54-44-. The highest BCUT2D eigenvalue weighted by Crippen LogP contribution is 2.40. The number of hydrogen-bond acceptors (Lipinski definition) is 10. The number of aliphatic hydroxyl groups excluding tert-OH is 2. The number of aromatic nitrogens is 4. The molecule has 0 aliphatic carbocycles. The van der Waals surface area contributed by atoms with Gasteiger partial charge in [0.2, 0.25) is 0 Å². The number of para-hydroxylation sites is 4. The minimum absolute atomic E-state index is 0.174. The van der Waals surface area contributed by atoms with Crippen molar-refractivity contribution < 1.29 is 10.2 Å². The molecular formula is C56H44N6O2S4. The first-order valence-corrected chi connectivity index (χ1v) is 26.1. The number of aliphatic hydroxyl groups is 2. The molecule has 0 atom stereocenters. The van der Waals surface area contributed by atoms with Crippen molar-refractivity contribution in [2.75, 3.05) is 24.7 Å². The van der Waals surface area contributed by atoms with Crippen molar-refractivity contribution in [2.45, 2.75) is 35.5 Å². The van der Waals surface area contributed by atoms with Gasteiger partial charge in [0.25, 0.3) is 0 Å². The summed E-state index contributed by atoms with van der Waals surface area (Å²) in [5, 5.41) is 46.4. The zero-order chi connectivity index (χ0) is 46.4. The summed E-state index contributed by atoms with van der Waals surface area (Å²) in [4.78, 5) is 12.5. The maximum atomic E-state index is 11.7. The van der Waals surface area contributed by atoms with E-state index in [2.05, 4.69) is 94.1 Å². The van der Waals surface area contributed by atoms with E-state index in [4.69, 9.17) is 9.97 Å². The smallest absolute Gasteiger partial charge is 0.137 e. The zero-order valence-electron chi connectivity index (χ0n) is 36.9. The van der Waals surface area contributed by atoms with E-state index in [1.54, 1.807) is 23.5 Å². The van der Waals surface area contributed by atoms with Crippen molar-refractivity contribution in [3.8, 4) is 46.0 Å². The summed E-state index contributed by atoms with van der Waals surface area (Å²) in [6.07, 6.45) is 3.32. The Kier molecular flexibility index (Phi) is 13.7. The third-order valence-electron chi connectivity index (χ3n) is 11.7. The molecule has 0 aliphatic rings. The molecule has 0 saturated carbocycles. The molecule has 334 valence electrons. The van der Waals surface area contributed by atoms with E-state index in [9.17, 15) is 20.7 Å². The lowest BCUT2D eigenvalue weighted by Crippen LogP contribution is -2.23. The fourth-order valence-corrected chi connectivity index (χ4v) is 12.4. The largest absolute Gasteiger partial charge is 0.396 e. The second-order valence-corrected chi connectivity index (χ2v) is 20.4. The van der Waals surface area contributed by atoms with Gasteiger partial charge in [-0.25, -0.2) is 9.97 Å². The molecule has 68 heavy (non-hydrogen) atoms. The predicted octanol–water partition coefficient (Wildman–Crippen LogP) is 12.1. The van der Waals surface area contributed by atoms with E-state index in [1.165, 1.54) is 22.7 Å². The minimum atomic E-state index is 0.174. The summed E-state index contributed by atoms with van der Waals surface area (Å²) < 4.78 is 6.37. The van der Waals surface area contributed by atoms with Gasteiger partial charge in [-0.15, -0.1) is 46.2 Å². The van der Waals surface area contributed by atoms with Crippen molar-refractivity contribution in [3.63, 3.8) is 0 Å². The molecule has 0 bridgehead atoms. The zero-order valence-corrected chi connectivity index (χ0v) is 40.1. The quantitative estimate of drug-likeness (QED) is 0.0725. The lowest BCUT2D eigenvalue weighted by atomic mass is 10.0. The number of nitrogens with zero attached hydrogens (tertiary/aromatic N) is 6. The van der Waals surface area contributed by atoms with Gasteiger partial charge in [0.05, 0.1) is 42.5 Å². The van der Waals surface area contributed by atoms with Gasteiger partial charge in [0, 0.05) is 45.2 Å². The number of fused-ring (bicyclic) bond motifs is 3. The first kappa shape index (κ1) is 45.1. The number of thiazole rings is 2. The van der Waals surface area contributed by atoms with Gasteiger partial charge in [-0.05, 0) is 121 Å². The molecule has 0 fully saturated rings. The van der Waals surface area contributed by atoms with Crippen molar-refractivity contribution in [2.24, 2.45) is 0 Å². The van der Waals surface area contributed by atoms with E-state index >= 15 is 0 Å². The van der Waals surface area contributed by atoms with E-state index in [-0.39, 0.29) is 13.2 Å². The van der Waals surface area contributed by atoms with Gasteiger partial charge in [0.15, 0.2) is 0 Å². The molecule has 12 heteroatoms. The Morgan fingerprint density at radius 1 is 0.485 bits per heavy atom. The van der Waals surface area contributed by atoms with Crippen molar-refractivity contribution in [1.82, 2.24) is 19.1 Å². The summed E-state index contributed by atoms with van der Waals surface area (Å²) in [6, 6.07) is 58.8. The van der Waals surface area contributed by atoms with Crippen molar-refractivity contribution in [3.05, 3.63) is 178 Å². The Morgan fingerprint density at radius 3 is 1.24 bits per heavy atom. The van der Waals surface area contributed by atoms with Crippen LogP contribution in [0.4, 0.5) is 0 Å². The number of hydrogen-bond donors (Lipinski definition) is 2. The lowest BCUT2D eigenvalue weighted by molar-refractivity contribution is 0.287. The first-order chi connectivity index (χ1) is 33.6. The van der Waals surface area contributed by atoms with E-state index in [0.717, 1.165) is 112 Å². The van der Waals surface area contributed by atoms with Crippen LogP contribution in [0.3, 0.4) is 0 Å². The van der Waals surface area contributed by atoms with Crippen molar-refractivity contribution >= 4 is 88.5 Å². The Morgan fingerprint density at radius 2 is 0.868 bits per heavy atom. The van der Waals surface area contributed by atoms with Crippen LogP contribution >= 0.6 is 46.2 Å². The molecule has 0 radical (unpaired) electrons. The molecule has 0 unspecified atom stereocenters. The maximum absolute atomic E-state index is 11.7. The fraction of sp³-hybridized carbons (Fsp3) is 0.143. The van der Waals surface area contributed by atoms with E-state index in [1.807, 2.05) is 84.9 Å². The summed E-state index contributed by atoms with van der Waals surface area (Å²) >= 11 is 6.50. The number of benzene rings is 6. The summed E-state index contributed by atoms with van der Waals surface area (Å²) in [6.45, 7) is 0.348. The molecular weight excluding hydrogens is 917 g/mol. The Bertz CT molecular complexity index is 3310. The summed E-state index contributed by atoms with van der Waals surface area (Å²) in [7, 11) is 0. The number of nitriles is 2. The first-order valence-electron chi connectivity index (χ1n) is 22.5. The van der Waals surface area contributed by atoms with Gasteiger partial charge in [-0.2, -0.15) is 10.5 Å². The molecule has 0 amide bonds. The van der Waals surface area contributed by atoms with Gasteiger partial charge in [-0.1, -0.05) is 84.9 Å². The Labute approximate surface area is 410 Å². The van der Waals surface area contributed by atoms with Crippen molar-refractivity contribution in [1.29, 1.82) is 10.5 Å². The number of unbranched alkanes of at least 4 members (excludes halogenated alkanes) is 2. The molecule has 0 spiro atoms. The van der Waals surface area contributed by atoms with Gasteiger partial charge in [-0.3, -0.25) is 0 Å². The Hall–Kier alpha value is -6.74. The summed E-state index contributed by atoms with van der Waals surface area (Å²) in [5.41, 5.74) is 7.60. The molecule has 6 aromatic carbocycles. The highest BCUT2D eigenvalue weighted by molar-refractivity contribution is 7.99. The SMILES string of the molecule is N#C/C(c1nc2ccccc2s1)=c1\c2c(-c3ccc(SCCCCO)cc3)n(-c3ccccc3)/c(=C(/C#N)c3nc4ccccc4s3)c2c(-c2ccc(SCCCCO)cc2)n1-c1ccccc1. The second kappa shape index (κ2) is 20.6. The van der Waals surface area contributed by atoms with Gasteiger partial charge < -0.3 is 19.3 Å². The molecule has 10 aromatic rings. The summed E-state index contributed by atoms with van der Waals surface area (Å²) in [5.74, 6) is 1.76. The van der Waals surface area contributed by atoms with Crippen LogP contribution in [0.25, 0.3) is 76.2 Å². The average molecular weight is 961 g/mol. The average Bonchev–Trinajstić information content (AvgIpc) is 4.17. The van der Waals surface area contributed by atoms with Crippen LogP contribution in [0, 0.1) is 22.7 Å². The van der Waals surface area contributed by atoms with Crippen LogP contribution in [-0.4, -0.2) is 54.0 Å². The van der Waals surface area contributed by atoms with Crippen LogP contribution in [0.15, 0.2) is 168 Å². The van der Waals surface area contributed by atoms with E-state index in [0.29, 0.717) is 31.9 Å². The highest BCUT2D eigenvalue weighted by Gasteiger charge is 2.31. The topological polar surface area (TPSA) is 124 Å². The molecule has 0 saturated heterocycles. The second-order valence-electron chi connectivity index (χ2n) is 16.0. The van der Waals surface area contributed by atoms with Crippen LogP contribution in [0.2, 0.25) is 0 Å². The molecule has 0 aliphatic heterocycles. The molecule has 2 N–H and O–H groups in total.